The van der Waals surface area contributed by atoms with Gasteiger partial charge in [-0.3, -0.25) is 4.79 Å². The molecule has 0 bridgehead atoms. The van der Waals surface area contributed by atoms with Crippen LogP contribution in [-0.2, 0) is 11.2 Å². The van der Waals surface area contributed by atoms with Crippen molar-refractivity contribution in [1.29, 1.82) is 0 Å². The summed E-state index contributed by atoms with van der Waals surface area (Å²) < 4.78 is 8.61. The van der Waals surface area contributed by atoms with Crippen LogP contribution in [0.3, 0.4) is 0 Å². The van der Waals surface area contributed by atoms with E-state index in [9.17, 15) is 4.79 Å². The summed E-state index contributed by atoms with van der Waals surface area (Å²) in [5, 5.41) is 0. The third-order valence-corrected chi connectivity index (χ3v) is 6.25. The van der Waals surface area contributed by atoms with Gasteiger partial charge >= 0.3 is 0 Å². The number of benzene rings is 2. The fourth-order valence-electron chi connectivity index (χ4n) is 4.69. The van der Waals surface area contributed by atoms with Crippen LogP contribution in [0, 0.1) is 12.8 Å². The standard InChI is InChI=1S/C26H32N2O2/c1-17(2)28-25-13-12-23(30-22-10-8-21(9-11-22)19(4)29)16-24(25)27-26(28)15-20-7-5-6-18(3)14-20/h5-7,12-14,16-17,21-22H,8-11,15H2,1-4H3/t21-,22+. The smallest absolute Gasteiger partial charge is 0.132 e. The molecule has 0 saturated heterocycles. The van der Waals surface area contributed by atoms with E-state index < -0.39 is 0 Å². The van der Waals surface area contributed by atoms with Crippen LogP contribution in [0.5, 0.6) is 5.75 Å². The normalized spacial score (nSPS) is 19.4. The molecule has 1 heterocycles. The summed E-state index contributed by atoms with van der Waals surface area (Å²) in [5.74, 6) is 2.50. The third-order valence-electron chi connectivity index (χ3n) is 6.25. The second kappa shape index (κ2) is 8.63. The Hall–Kier alpha value is -2.62. The highest BCUT2D eigenvalue weighted by molar-refractivity contribution is 5.79. The molecule has 0 aliphatic heterocycles. The molecule has 0 radical (unpaired) electrons. The number of carbonyl (C=O) groups is 1. The minimum atomic E-state index is 0.192. The van der Waals surface area contributed by atoms with Crippen LogP contribution < -0.4 is 4.74 Å². The van der Waals surface area contributed by atoms with Crippen molar-refractivity contribution in [1.82, 2.24) is 9.55 Å². The first-order valence-corrected chi connectivity index (χ1v) is 11.1. The first kappa shape index (κ1) is 20.6. The van der Waals surface area contributed by atoms with Crippen molar-refractivity contribution in [2.45, 2.75) is 71.9 Å². The van der Waals surface area contributed by atoms with E-state index in [4.69, 9.17) is 9.72 Å². The van der Waals surface area contributed by atoms with Crippen molar-refractivity contribution in [3.8, 4) is 5.75 Å². The Balaban J connectivity index is 1.56. The number of hydrogen-bond donors (Lipinski definition) is 0. The monoisotopic (exact) mass is 404 g/mol. The SMILES string of the molecule is Cc1cccc(Cc2nc3cc(O[C@H]4CC[C@@H](C(C)=O)CC4)ccc3n2C(C)C)c1. The predicted molar refractivity (Wildman–Crippen MR) is 121 cm³/mol. The molecule has 1 fully saturated rings. The Morgan fingerprint density at radius 2 is 1.90 bits per heavy atom. The molecule has 1 aliphatic rings. The van der Waals surface area contributed by atoms with Crippen molar-refractivity contribution in [3.63, 3.8) is 0 Å². The number of hydrogen-bond acceptors (Lipinski definition) is 3. The number of imidazole rings is 1. The molecule has 30 heavy (non-hydrogen) atoms. The van der Waals surface area contributed by atoms with Crippen LogP contribution in [0.15, 0.2) is 42.5 Å². The van der Waals surface area contributed by atoms with Gasteiger partial charge in [-0.1, -0.05) is 29.8 Å². The third kappa shape index (κ3) is 4.43. The maximum atomic E-state index is 11.6. The average Bonchev–Trinajstić information content (AvgIpc) is 3.05. The number of nitrogens with zero attached hydrogens (tertiary/aromatic N) is 2. The summed E-state index contributed by atoms with van der Waals surface area (Å²) in [7, 11) is 0. The lowest BCUT2D eigenvalue weighted by Crippen LogP contribution is -2.26. The van der Waals surface area contributed by atoms with Gasteiger partial charge in [-0.25, -0.2) is 4.98 Å². The van der Waals surface area contributed by atoms with E-state index in [0.29, 0.717) is 11.8 Å². The van der Waals surface area contributed by atoms with Gasteiger partial charge in [-0.2, -0.15) is 0 Å². The summed E-state index contributed by atoms with van der Waals surface area (Å²) in [6.07, 6.45) is 4.77. The van der Waals surface area contributed by atoms with Gasteiger partial charge in [0.1, 0.15) is 17.4 Å². The van der Waals surface area contributed by atoms with Gasteiger partial charge in [-0.05, 0) is 71.1 Å². The van der Waals surface area contributed by atoms with Gasteiger partial charge in [-0.15, -0.1) is 0 Å². The minimum absolute atomic E-state index is 0.192. The van der Waals surface area contributed by atoms with Crippen LogP contribution in [0.2, 0.25) is 0 Å². The van der Waals surface area contributed by atoms with Crippen LogP contribution in [0.1, 0.15) is 69.4 Å². The Morgan fingerprint density at radius 1 is 1.13 bits per heavy atom. The lowest BCUT2D eigenvalue weighted by atomic mass is 9.85. The summed E-state index contributed by atoms with van der Waals surface area (Å²) >= 11 is 0. The number of ketones is 1. The molecule has 0 amide bonds. The highest BCUT2D eigenvalue weighted by Crippen LogP contribution is 2.31. The van der Waals surface area contributed by atoms with E-state index in [-0.39, 0.29) is 12.0 Å². The van der Waals surface area contributed by atoms with E-state index in [1.807, 2.05) is 0 Å². The van der Waals surface area contributed by atoms with Crippen molar-refractivity contribution >= 4 is 16.8 Å². The molecule has 0 unspecified atom stereocenters. The lowest BCUT2D eigenvalue weighted by molar-refractivity contribution is -0.122. The molecular formula is C26H32N2O2. The zero-order valence-electron chi connectivity index (χ0n) is 18.5. The number of Topliss-reactive ketones (excluding diaryl/α,β-unsaturated/α-hetero) is 1. The summed E-state index contributed by atoms with van der Waals surface area (Å²) in [6.45, 7) is 8.25. The van der Waals surface area contributed by atoms with E-state index >= 15 is 0 Å². The predicted octanol–water partition coefficient (Wildman–Crippen LogP) is 6.04. The molecule has 0 N–H and O–H groups in total. The maximum absolute atomic E-state index is 11.6. The molecule has 4 heteroatoms. The summed E-state index contributed by atoms with van der Waals surface area (Å²) in [4.78, 5) is 16.6. The Labute approximate surface area is 179 Å². The second-order valence-electron chi connectivity index (χ2n) is 9.01. The Bertz CT molecular complexity index is 1040. The highest BCUT2D eigenvalue weighted by Gasteiger charge is 2.25. The molecule has 1 aliphatic carbocycles. The van der Waals surface area contributed by atoms with Crippen molar-refractivity contribution in [3.05, 3.63) is 59.4 Å². The molecular weight excluding hydrogens is 372 g/mol. The van der Waals surface area contributed by atoms with E-state index in [1.54, 1.807) is 6.92 Å². The number of carbonyl (C=O) groups excluding carboxylic acids is 1. The molecule has 3 aromatic rings. The molecule has 0 atom stereocenters. The molecule has 0 spiro atoms. The van der Waals surface area contributed by atoms with Gasteiger partial charge in [0, 0.05) is 24.4 Å². The first-order valence-electron chi connectivity index (χ1n) is 11.1. The zero-order valence-corrected chi connectivity index (χ0v) is 18.5. The number of aromatic nitrogens is 2. The summed E-state index contributed by atoms with van der Waals surface area (Å²) in [6, 6.07) is 15.3. The van der Waals surface area contributed by atoms with Gasteiger partial charge in [0.05, 0.1) is 17.1 Å². The van der Waals surface area contributed by atoms with Gasteiger partial charge in [0.15, 0.2) is 0 Å². The van der Waals surface area contributed by atoms with E-state index in [1.165, 1.54) is 11.1 Å². The Kier molecular flexibility index (Phi) is 5.94. The first-order chi connectivity index (χ1) is 14.4. The number of rotatable bonds is 6. The Morgan fingerprint density at radius 3 is 2.57 bits per heavy atom. The quantitative estimate of drug-likeness (QED) is 0.503. The van der Waals surface area contributed by atoms with Gasteiger partial charge in [0.25, 0.3) is 0 Å². The molecule has 2 aromatic carbocycles. The van der Waals surface area contributed by atoms with Gasteiger partial charge < -0.3 is 9.30 Å². The fraction of sp³-hybridized carbons (Fsp3) is 0.462. The fourth-order valence-corrected chi connectivity index (χ4v) is 4.69. The largest absolute Gasteiger partial charge is 0.490 e. The highest BCUT2D eigenvalue weighted by atomic mass is 16.5. The number of aryl methyl sites for hydroxylation is 1. The lowest BCUT2D eigenvalue weighted by Gasteiger charge is -2.27. The number of ether oxygens (including phenoxy) is 1. The molecule has 158 valence electrons. The average molecular weight is 405 g/mol. The molecule has 4 rings (SSSR count). The second-order valence-corrected chi connectivity index (χ2v) is 9.01. The van der Waals surface area contributed by atoms with Crippen LogP contribution >= 0.6 is 0 Å². The van der Waals surface area contributed by atoms with Crippen LogP contribution in [0.4, 0.5) is 0 Å². The van der Waals surface area contributed by atoms with E-state index in [0.717, 1.165) is 54.7 Å². The molecule has 1 aromatic heterocycles. The van der Waals surface area contributed by atoms with Crippen LogP contribution in [-0.4, -0.2) is 21.4 Å². The van der Waals surface area contributed by atoms with Gasteiger partial charge in [0.2, 0.25) is 0 Å². The topological polar surface area (TPSA) is 44.1 Å². The number of fused-ring (bicyclic) bond motifs is 1. The molecule has 4 nitrogen and oxygen atoms in total. The van der Waals surface area contributed by atoms with E-state index in [2.05, 4.69) is 67.8 Å². The van der Waals surface area contributed by atoms with Crippen molar-refractivity contribution < 1.29 is 9.53 Å². The minimum Gasteiger partial charge on any atom is -0.490 e. The zero-order chi connectivity index (χ0) is 21.3. The van der Waals surface area contributed by atoms with Crippen LogP contribution in [0.25, 0.3) is 11.0 Å². The maximum Gasteiger partial charge on any atom is 0.132 e. The van der Waals surface area contributed by atoms with Crippen molar-refractivity contribution in [2.75, 3.05) is 0 Å². The summed E-state index contributed by atoms with van der Waals surface area (Å²) in [5.41, 5.74) is 4.70. The molecule has 1 saturated carbocycles. The van der Waals surface area contributed by atoms with Crippen molar-refractivity contribution in [2.24, 2.45) is 5.92 Å².